The molecule has 1 unspecified atom stereocenters. The van der Waals surface area contributed by atoms with Crippen molar-refractivity contribution in [3.05, 3.63) is 59.7 Å². The van der Waals surface area contributed by atoms with E-state index in [1.165, 1.54) is 12.1 Å². The van der Waals surface area contributed by atoms with Crippen LogP contribution in [0.25, 0.3) is 0 Å². The van der Waals surface area contributed by atoms with Gasteiger partial charge in [0.2, 0.25) is 0 Å². The monoisotopic (exact) mass is 242 g/mol. The molecular weight excluding hydrogens is 228 g/mol. The second-order valence-electron chi connectivity index (χ2n) is 4.62. The summed E-state index contributed by atoms with van der Waals surface area (Å²) in [5.41, 5.74) is 0.206. The number of carboxylic acid groups (broad SMARTS) is 1. The van der Waals surface area contributed by atoms with E-state index in [-0.39, 0.29) is 11.3 Å². The summed E-state index contributed by atoms with van der Waals surface area (Å²) in [5, 5.41) is 8.81. The van der Waals surface area contributed by atoms with Crippen molar-refractivity contribution in [1.29, 1.82) is 0 Å². The molecule has 1 aromatic rings. The van der Waals surface area contributed by atoms with E-state index in [9.17, 15) is 9.59 Å². The molecule has 92 valence electrons. The van der Waals surface area contributed by atoms with Gasteiger partial charge in [-0.05, 0) is 25.5 Å². The van der Waals surface area contributed by atoms with E-state index < -0.39 is 11.4 Å². The average Bonchev–Trinajstić information content (AvgIpc) is 2.39. The van der Waals surface area contributed by atoms with E-state index in [0.29, 0.717) is 12.0 Å². The Hall–Kier alpha value is -2.16. The van der Waals surface area contributed by atoms with Gasteiger partial charge in [-0.25, -0.2) is 4.79 Å². The number of Topliss-reactive ketones (excluding diaryl/α,β-unsaturated/α-hetero) is 1. The highest BCUT2D eigenvalue weighted by Crippen LogP contribution is 2.31. The lowest BCUT2D eigenvalue weighted by molar-refractivity contribution is 0.0696. The summed E-state index contributed by atoms with van der Waals surface area (Å²) in [5.74, 6) is -0.972. The molecule has 0 radical (unpaired) electrons. The quantitative estimate of drug-likeness (QED) is 0.828. The number of hydrogen-bond donors (Lipinski definition) is 1. The Morgan fingerprint density at radius 1 is 1.11 bits per heavy atom. The molecule has 3 heteroatoms. The van der Waals surface area contributed by atoms with Gasteiger partial charge in [0.25, 0.3) is 0 Å². The summed E-state index contributed by atoms with van der Waals surface area (Å²) >= 11 is 0. The van der Waals surface area contributed by atoms with Gasteiger partial charge in [0, 0.05) is 5.56 Å². The molecular formula is C15H14O3. The van der Waals surface area contributed by atoms with Crippen LogP contribution in [0, 0.1) is 5.41 Å². The number of ketones is 1. The van der Waals surface area contributed by atoms with Crippen LogP contribution < -0.4 is 0 Å². The molecule has 0 bridgehead atoms. The van der Waals surface area contributed by atoms with Gasteiger partial charge < -0.3 is 5.11 Å². The smallest absolute Gasteiger partial charge is 0.335 e. The molecule has 1 aromatic carbocycles. The minimum Gasteiger partial charge on any atom is -0.478 e. The summed E-state index contributed by atoms with van der Waals surface area (Å²) in [6.45, 7) is 1.89. The fourth-order valence-electron chi connectivity index (χ4n) is 1.99. The van der Waals surface area contributed by atoms with Gasteiger partial charge in [-0.15, -0.1) is 0 Å². The molecule has 0 saturated heterocycles. The first kappa shape index (κ1) is 12.3. The Morgan fingerprint density at radius 2 is 1.72 bits per heavy atom. The molecule has 2 rings (SSSR count). The molecule has 0 aliphatic heterocycles. The summed E-state index contributed by atoms with van der Waals surface area (Å²) in [6, 6.07) is 6.06. The van der Waals surface area contributed by atoms with Gasteiger partial charge in [0.15, 0.2) is 5.78 Å². The van der Waals surface area contributed by atoms with Gasteiger partial charge >= 0.3 is 5.97 Å². The largest absolute Gasteiger partial charge is 0.478 e. The minimum absolute atomic E-state index is 0.0139. The Bertz CT molecular complexity index is 537. The van der Waals surface area contributed by atoms with Crippen LogP contribution in [0.15, 0.2) is 48.6 Å². The molecule has 3 nitrogen and oxygen atoms in total. The predicted molar refractivity (Wildman–Crippen MR) is 68.7 cm³/mol. The summed E-state index contributed by atoms with van der Waals surface area (Å²) in [7, 11) is 0. The average molecular weight is 242 g/mol. The molecule has 1 N–H and O–H groups in total. The second-order valence-corrected chi connectivity index (χ2v) is 4.62. The first-order valence-corrected chi connectivity index (χ1v) is 5.75. The minimum atomic E-state index is -0.985. The molecule has 0 saturated carbocycles. The summed E-state index contributed by atoms with van der Waals surface area (Å²) in [4.78, 5) is 23.1. The zero-order valence-corrected chi connectivity index (χ0v) is 10.1. The van der Waals surface area contributed by atoms with Gasteiger partial charge in [-0.1, -0.05) is 36.4 Å². The van der Waals surface area contributed by atoms with Crippen molar-refractivity contribution >= 4 is 11.8 Å². The van der Waals surface area contributed by atoms with Crippen LogP contribution in [0.3, 0.4) is 0 Å². The number of hydrogen-bond acceptors (Lipinski definition) is 2. The lowest BCUT2D eigenvalue weighted by atomic mass is 9.77. The van der Waals surface area contributed by atoms with Crippen LogP contribution in [-0.4, -0.2) is 16.9 Å². The second kappa shape index (κ2) is 4.61. The number of carboxylic acids is 1. The molecule has 1 aliphatic rings. The van der Waals surface area contributed by atoms with Crippen molar-refractivity contribution in [2.24, 2.45) is 5.41 Å². The molecule has 0 heterocycles. The van der Waals surface area contributed by atoms with Crippen molar-refractivity contribution in [2.45, 2.75) is 13.3 Å². The number of aromatic carboxylic acids is 1. The highest BCUT2D eigenvalue weighted by atomic mass is 16.4. The zero-order valence-electron chi connectivity index (χ0n) is 10.1. The van der Waals surface area contributed by atoms with E-state index in [1.54, 1.807) is 12.1 Å². The Labute approximate surface area is 105 Å². The first-order chi connectivity index (χ1) is 8.53. The summed E-state index contributed by atoms with van der Waals surface area (Å²) in [6.07, 6.45) is 8.31. The normalized spacial score (nSPS) is 21.8. The van der Waals surface area contributed by atoms with Crippen LogP contribution in [0.2, 0.25) is 0 Å². The highest BCUT2D eigenvalue weighted by Gasteiger charge is 2.30. The standard InChI is InChI=1S/C15H14O3/c1-15(9-3-2-4-10-15)13(16)11-5-7-12(8-6-11)14(17)18/h2-9H,10H2,1H3,(H,17,18). The molecule has 0 fully saturated rings. The van der Waals surface area contributed by atoms with E-state index in [4.69, 9.17) is 5.11 Å². The lowest BCUT2D eigenvalue weighted by Crippen LogP contribution is -2.26. The summed E-state index contributed by atoms with van der Waals surface area (Å²) < 4.78 is 0. The Morgan fingerprint density at radius 3 is 2.22 bits per heavy atom. The number of carbonyl (C=O) groups is 2. The van der Waals surface area contributed by atoms with Gasteiger partial charge in [-0.2, -0.15) is 0 Å². The number of allylic oxidation sites excluding steroid dienone is 4. The Kier molecular flexibility index (Phi) is 3.15. The van der Waals surface area contributed by atoms with Crippen molar-refractivity contribution in [3.8, 4) is 0 Å². The zero-order chi connectivity index (χ0) is 13.2. The molecule has 1 atom stereocenters. The third-order valence-corrected chi connectivity index (χ3v) is 3.17. The maximum Gasteiger partial charge on any atom is 0.335 e. The molecule has 18 heavy (non-hydrogen) atoms. The van der Waals surface area contributed by atoms with Crippen LogP contribution in [0.4, 0.5) is 0 Å². The van der Waals surface area contributed by atoms with E-state index in [0.717, 1.165) is 0 Å². The highest BCUT2D eigenvalue weighted by molar-refractivity contribution is 6.02. The van der Waals surface area contributed by atoms with Crippen LogP contribution in [0.5, 0.6) is 0 Å². The number of carbonyl (C=O) groups excluding carboxylic acids is 1. The predicted octanol–water partition coefficient (Wildman–Crippen LogP) is 3.09. The van der Waals surface area contributed by atoms with Gasteiger partial charge in [-0.3, -0.25) is 4.79 Å². The number of rotatable bonds is 3. The van der Waals surface area contributed by atoms with Crippen molar-refractivity contribution < 1.29 is 14.7 Å². The number of benzene rings is 1. The van der Waals surface area contributed by atoms with Crippen LogP contribution in [-0.2, 0) is 0 Å². The van der Waals surface area contributed by atoms with Crippen molar-refractivity contribution in [3.63, 3.8) is 0 Å². The molecule has 0 aromatic heterocycles. The maximum absolute atomic E-state index is 12.4. The van der Waals surface area contributed by atoms with E-state index in [1.807, 2.05) is 31.2 Å². The van der Waals surface area contributed by atoms with Crippen molar-refractivity contribution in [1.82, 2.24) is 0 Å². The fraction of sp³-hybridized carbons (Fsp3) is 0.200. The van der Waals surface area contributed by atoms with Gasteiger partial charge in [0.05, 0.1) is 11.0 Å². The SMILES string of the molecule is CC1(C(=O)c2ccc(C(=O)O)cc2)C=CC=CC1. The van der Waals surface area contributed by atoms with Crippen LogP contribution in [0.1, 0.15) is 34.1 Å². The molecule has 0 spiro atoms. The molecule has 1 aliphatic carbocycles. The Balaban J connectivity index is 2.26. The lowest BCUT2D eigenvalue weighted by Gasteiger charge is -2.24. The fourth-order valence-corrected chi connectivity index (χ4v) is 1.99. The third-order valence-electron chi connectivity index (χ3n) is 3.17. The van der Waals surface area contributed by atoms with Crippen molar-refractivity contribution in [2.75, 3.05) is 0 Å². The van der Waals surface area contributed by atoms with E-state index >= 15 is 0 Å². The molecule has 0 amide bonds. The third kappa shape index (κ3) is 2.25. The van der Waals surface area contributed by atoms with Gasteiger partial charge in [0.1, 0.15) is 0 Å². The van der Waals surface area contributed by atoms with E-state index in [2.05, 4.69) is 0 Å². The maximum atomic E-state index is 12.4. The van der Waals surface area contributed by atoms with Crippen LogP contribution >= 0.6 is 0 Å². The first-order valence-electron chi connectivity index (χ1n) is 5.75. The topological polar surface area (TPSA) is 54.4 Å².